The molecule has 4 rings (SSSR count). The first-order chi connectivity index (χ1) is 13.7. The van der Waals surface area contributed by atoms with Crippen LogP contribution in [-0.2, 0) is 13.2 Å². The van der Waals surface area contributed by atoms with Crippen LogP contribution in [0.5, 0.6) is 5.75 Å². The van der Waals surface area contributed by atoms with Crippen molar-refractivity contribution in [2.24, 2.45) is 0 Å². The van der Waals surface area contributed by atoms with Gasteiger partial charge in [-0.3, -0.25) is 9.78 Å². The van der Waals surface area contributed by atoms with Gasteiger partial charge < -0.3 is 14.5 Å². The summed E-state index contributed by atoms with van der Waals surface area (Å²) >= 11 is 0. The fraction of sp³-hybridized carbons (Fsp3) is 0.0952. The highest BCUT2D eigenvalue weighted by atomic mass is 19.1. The molecule has 0 saturated carbocycles. The Labute approximate surface area is 160 Å². The van der Waals surface area contributed by atoms with Crippen molar-refractivity contribution >= 4 is 16.8 Å². The van der Waals surface area contributed by atoms with Gasteiger partial charge in [-0.05, 0) is 29.8 Å². The van der Waals surface area contributed by atoms with E-state index in [-0.39, 0.29) is 24.1 Å². The molecule has 6 nitrogen and oxygen atoms in total. The van der Waals surface area contributed by atoms with Gasteiger partial charge in [-0.1, -0.05) is 24.3 Å². The Morgan fingerprint density at radius 3 is 2.93 bits per heavy atom. The van der Waals surface area contributed by atoms with Crippen molar-refractivity contribution in [2.45, 2.75) is 13.2 Å². The maximum atomic E-state index is 13.1. The zero-order chi connectivity index (χ0) is 19.3. The third kappa shape index (κ3) is 4.15. The van der Waals surface area contributed by atoms with E-state index in [4.69, 9.17) is 9.15 Å². The van der Waals surface area contributed by atoms with Crippen molar-refractivity contribution in [3.8, 4) is 5.75 Å². The van der Waals surface area contributed by atoms with Crippen molar-refractivity contribution in [3.63, 3.8) is 0 Å². The van der Waals surface area contributed by atoms with Gasteiger partial charge in [0.2, 0.25) is 5.89 Å². The standard InChI is InChI=1S/C21H16FN3O3/c22-16-5-3-6-17(9-16)27-13-20-25-19(12-28-20)21(26)24-11-14-8-15-4-1-2-7-18(15)23-10-14/h1-10,12H,11,13H2,(H,24,26). The van der Waals surface area contributed by atoms with E-state index in [2.05, 4.69) is 15.3 Å². The lowest BCUT2D eigenvalue weighted by molar-refractivity contribution is 0.0946. The summed E-state index contributed by atoms with van der Waals surface area (Å²) in [4.78, 5) is 20.7. The van der Waals surface area contributed by atoms with Gasteiger partial charge in [0.25, 0.3) is 5.91 Å². The monoisotopic (exact) mass is 377 g/mol. The molecule has 0 fully saturated rings. The molecule has 0 unspecified atom stereocenters. The second-order valence-corrected chi connectivity index (χ2v) is 6.09. The largest absolute Gasteiger partial charge is 0.484 e. The number of oxazole rings is 1. The van der Waals surface area contributed by atoms with Crippen LogP contribution in [0.15, 0.2) is 71.5 Å². The third-order valence-electron chi connectivity index (χ3n) is 4.04. The molecule has 0 atom stereocenters. The first kappa shape index (κ1) is 17.7. The minimum Gasteiger partial charge on any atom is -0.484 e. The number of hydrogen-bond donors (Lipinski definition) is 1. The number of pyridine rings is 1. The van der Waals surface area contributed by atoms with Gasteiger partial charge in [0, 0.05) is 24.2 Å². The van der Waals surface area contributed by atoms with Crippen LogP contribution in [0.1, 0.15) is 21.9 Å². The van der Waals surface area contributed by atoms with E-state index in [0.717, 1.165) is 16.5 Å². The van der Waals surface area contributed by atoms with Crippen molar-refractivity contribution in [1.82, 2.24) is 15.3 Å². The summed E-state index contributed by atoms with van der Waals surface area (Å²) in [6.45, 7) is 0.310. The number of halogens is 1. The average Bonchev–Trinajstić information content (AvgIpc) is 3.20. The van der Waals surface area contributed by atoms with Crippen LogP contribution in [0.25, 0.3) is 10.9 Å². The summed E-state index contributed by atoms with van der Waals surface area (Å²) < 4.78 is 23.8. The summed E-state index contributed by atoms with van der Waals surface area (Å²) in [5.41, 5.74) is 1.92. The fourth-order valence-electron chi connectivity index (χ4n) is 2.67. The zero-order valence-electron chi connectivity index (χ0n) is 14.8. The molecule has 1 amide bonds. The number of nitrogens with zero attached hydrogens (tertiary/aromatic N) is 2. The zero-order valence-corrected chi connectivity index (χ0v) is 14.8. The van der Waals surface area contributed by atoms with Crippen LogP contribution < -0.4 is 10.1 Å². The van der Waals surface area contributed by atoms with Gasteiger partial charge in [0.05, 0.1) is 5.52 Å². The number of hydrogen-bond acceptors (Lipinski definition) is 5. The van der Waals surface area contributed by atoms with Crippen molar-refractivity contribution in [1.29, 1.82) is 0 Å². The van der Waals surface area contributed by atoms with Crippen LogP contribution in [0.4, 0.5) is 4.39 Å². The third-order valence-corrected chi connectivity index (χ3v) is 4.04. The molecular formula is C21H16FN3O3. The van der Waals surface area contributed by atoms with E-state index in [1.54, 1.807) is 18.3 Å². The number of benzene rings is 2. The van der Waals surface area contributed by atoms with Gasteiger partial charge in [-0.2, -0.15) is 0 Å². The highest BCUT2D eigenvalue weighted by molar-refractivity contribution is 5.91. The van der Waals surface area contributed by atoms with Crippen LogP contribution in [0.2, 0.25) is 0 Å². The number of amides is 1. The predicted octanol–water partition coefficient (Wildman–Crippen LogP) is 3.87. The first-order valence-electron chi connectivity index (χ1n) is 8.62. The van der Waals surface area contributed by atoms with Crippen molar-refractivity contribution in [2.75, 3.05) is 0 Å². The van der Waals surface area contributed by atoms with Crippen molar-refractivity contribution < 1.29 is 18.3 Å². The smallest absolute Gasteiger partial charge is 0.273 e. The van der Waals surface area contributed by atoms with E-state index >= 15 is 0 Å². The molecular weight excluding hydrogens is 361 g/mol. The van der Waals surface area contributed by atoms with Crippen LogP contribution in [-0.4, -0.2) is 15.9 Å². The fourth-order valence-corrected chi connectivity index (χ4v) is 2.67. The number of rotatable bonds is 6. The lowest BCUT2D eigenvalue weighted by Gasteiger charge is -2.04. The number of fused-ring (bicyclic) bond motifs is 1. The summed E-state index contributed by atoms with van der Waals surface area (Å²) in [5.74, 6) is -0.183. The summed E-state index contributed by atoms with van der Waals surface area (Å²) in [6.07, 6.45) is 2.99. The molecule has 0 aliphatic carbocycles. The minimum atomic E-state index is -0.395. The molecule has 0 saturated heterocycles. The predicted molar refractivity (Wildman–Crippen MR) is 100 cm³/mol. The van der Waals surface area contributed by atoms with E-state index in [1.807, 2.05) is 30.3 Å². The Hall–Kier alpha value is -3.74. The second-order valence-electron chi connectivity index (χ2n) is 6.09. The van der Waals surface area contributed by atoms with E-state index in [0.29, 0.717) is 12.3 Å². The molecule has 0 aliphatic heterocycles. The number of carbonyl (C=O) groups is 1. The summed E-state index contributed by atoms with van der Waals surface area (Å²) in [6, 6.07) is 15.5. The molecule has 0 bridgehead atoms. The van der Waals surface area contributed by atoms with Crippen LogP contribution >= 0.6 is 0 Å². The van der Waals surface area contributed by atoms with Gasteiger partial charge >= 0.3 is 0 Å². The van der Waals surface area contributed by atoms with Crippen molar-refractivity contribution in [3.05, 3.63) is 90.0 Å². The highest BCUT2D eigenvalue weighted by Crippen LogP contribution is 2.15. The second kappa shape index (κ2) is 7.87. The quantitative estimate of drug-likeness (QED) is 0.552. The van der Waals surface area contributed by atoms with Gasteiger partial charge in [-0.15, -0.1) is 0 Å². The molecule has 1 N–H and O–H groups in total. The Balaban J connectivity index is 1.34. The number of nitrogens with one attached hydrogen (secondary N) is 1. The molecule has 0 spiro atoms. The number of aromatic nitrogens is 2. The van der Waals surface area contributed by atoms with Gasteiger partial charge in [-0.25, -0.2) is 9.37 Å². The first-order valence-corrected chi connectivity index (χ1v) is 8.62. The lowest BCUT2D eigenvalue weighted by atomic mass is 10.1. The lowest BCUT2D eigenvalue weighted by Crippen LogP contribution is -2.23. The molecule has 28 heavy (non-hydrogen) atoms. The molecule has 7 heteroatoms. The Kier molecular flexibility index (Phi) is 4.97. The van der Waals surface area contributed by atoms with E-state index in [1.165, 1.54) is 18.4 Å². The van der Waals surface area contributed by atoms with Gasteiger partial charge in [0.1, 0.15) is 17.8 Å². The molecule has 2 heterocycles. The highest BCUT2D eigenvalue weighted by Gasteiger charge is 2.13. The molecule has 140 valence electrons. The molecule has 2 aromatic carbocycles. The van der Waals surface area contributed by atoms with Crippen LogP contribution in [0, 0.1) is 5.82 Å². The number of ether oxygens (including phenoxy) is 1. The normalized spacial score (nSPS) is 10.8. The number of para-hydroxylation sites is 1. The van der Waals surface area contributed by atoms with E-state index in [9.17, 15) is 9.18 Å². The van der Waals surface area contributed by atoms with E-state index < -0.39 is 5.82 Å². The average molecular weight is 377 g/mol. The summed E-state index contributed by atoms with van der Waals surface area (Å²) in [7, 11) is 0. The molecule has 0 aliphatic rings. The summed E-state index contributed by atoms with van der Waals surface area (Å²) in [5, 5.41) is 3.79. The Morgan fingerprint density at radius 1 is 1.14 bits per heavy atom. The topological polar surface area (TPSA) is 77.2 Å². The SMILES string of the molecule is O=C(NCc1cnc2ccccc2c1)c1coc(COc2cccc(F)c2)n1. The maximum Gasteiger partial charge on any atom is 0.273 e. The molecule has 0 radical (unpaired) electrons. The molecule has 2 aromatic heterocycles. The molecule has 4 aromatic rings. The minimum absolute atomic E-state index is 0.00860. The maximum absolute atomic E-state index is 13.1. The van der Waals surface area contributed by atoms with Crippen LogP contribution in [0.3, 0.4) is 0 Å². The Morgan fingerprint density at radius 2 is 2.04 bits per heavy atom. The van der Waals surface area contributed by atoms with Gasteiger partial charge in [0.15, 0.2) is 12.3 Å². The Bertz CT molecular complexity index is 1130. The number of carbonyl (C=O) groups excluding carboxylic acids is 1.